The topological polar surface area (TPSA) is 95.2 Å². The van der Waals surface area contributed by atoms with Gasteiger partial charge >= 0.3 is 39.9 Å². The number of ether oxygens (including phenoxy) is 1. The van der Waals surface area contributed by atoms with Crippen LogP contribution in [-0.4, -0.2) is 27.0 Å². The van der Waals surface area contributed by atoms with Crippen LogP contribution in [0.4, 0.5) is 0 Å². The van der Waals surface area contributed by atoms with Gasteiger partial charge in [-0.1, -0.05) is 77.3 Å². The Kier molecular flexibility index (Phi) is 35.3. The summed E-state index contributed by atoms with van der Waals surface area (Å²) >= 11 is 0. The predicted molar refractivity (Wildman–Crippen MR) is 122 cm³/mol. The maximum atomic E-state index is 11.2. The number of unbranched alkanes of at least 4 members (excludes halogenated alkanes) is 2. The van der Waals surface area contributed by atoms with Crippen LogP contribution in [0.2, 0.25) is 18.1 Å². The number of rotatable bonds is 11. The Morgan fingerprint density at radius 2 is 1.44 bits per heavy atom. The minimum Gasteiger partial charge on any atom is 0 e. The SMILES string of the molecule is CCCCC[C@H](/C=C/C=C/C=C/C(=O)OCC)O[Si](C)(C)C(C)(C)C.[C-]#[O+].[C-]#[O+].[C-]#[O+].[Fe]. The van der Waals surface area contributed by atoms with Crippen molar-refractivity contribution in [3.05, 3.63) is 56.4 Å². The molecule has 0 bridgehead atoms. The molecule has 0 heterocycles. The molecule has 1 atom stereocenters. The second-order valence-corrected chi connectivity index (χ2v) is 12.5. The fourth-order valence-corrected chi connectivity index (χ4v) is 3.29. The van der Waals surface area contributed by atoms with Gasteiger partial charge in [0.2, 0.25) is 0 Å². The van der Waals surface area contributed by atoms with Crippen molar-refractivity contribution in [2.45, 2.75) is 84.5 Å². The van der Waals surface area contributed by atoms with E-state index in [1.54, 1.807) is 13.0 Å². The molecule has 0 N–H and O–H groups in total. The van der Waals surface area contributed by atoms with Crippen molar-refractivity contribution in [2.75, 3.05) is 6.61 Å². The quantitative estimate of drug-likeness (QED) is 0.0647. The molecule has 0 aromatic carbocycles. The Balaban J connectivity index is -0.000000318. The zero-order valence-corrected chi connectivity index (χ0v) is 22.5. The molecule has 0 saturated carbocycles. The molecule has 8 heteroatoms. The molecule has 0 amide bonds. The Hall–Kier alpha value is -1.39. The van der Waals surface area contributed by atoms with Gasteiger partial charge in [0.1, 0.15) is 0 Å². The van der Waals surface area contributed by atoms with Crippen molar-refractivity contribution >= 4 is 14.3 Å². The van der Waals surface area contributed by atoms with E-state index in [-0.39, 0.29) is 34.2 Å². The summed E-state index contributed by atoms with van der Waals surface area (Å²) in [4.78, 5) is 11.2. The molecule has 0 unspecified atom stereocenters. The molecule has 0 aliphatic heterocycles. The zero-order chi connectivity index (χ0) is 25.3. The molecule has 0 aromatic rings. The van der Waals surface area contributed by atoms with Crippen LogP contribution < -0.4 is 0 Å². The van der Waals surface area contributed by atoms with Crippen LogP contribution in [0.25, 0.3) is 0 Å². The fourth-order valence-electron chi connectivity index (χ4n) is 1.99. The number of carbonyl (C=O) groups is 1. The van der Waals surface area contributed by atoms with E-state index >= 15 is 0 Å². The number of esters is 1. The zero-order valence-electron chi connectivity index (χ0n) is 20.4. The molecule has 32 heavy (non-hydrogen) atoms. The molecule has 0 radical (unpaired) electrons. The van der Waals surface area contributed by atoms with E-state index in [0.717, 1.165) is 6.42 Å². The van der Waals surface area contributed by atoms with Crippen LogP contribution in [0, 0.1) is 20.0 Å². The van der Waals surface area contributed by atoms with Crippen LogP contribution in [0.15, 0.2) is 36.5 Å². The summed E-state index contributed by atoms with van der Waals surface area (Å²) < 4.78 is 33.9. The molecule has 182 valence electrons. The molecular formula is C24H38FeO6Si. The minimum absolute atomic E-state index is 0. The van der Waals surface area contributed by atoms with E-state index in [0.29, 0.717) is 6.61 Å². The van der Waals surface area contributed by atoms with Crippen molar-refractivity contribution in [2.24, 2.45) is 0 Å². The van der Waals surface area contributed by atoms with E-state index in [4.69, 9.17) is 23.1 Å². The molecular weight excluding hydrogens is 468 g/mol. The third-order valence-electron chi connectivity index (χ3n) is 4.52. The summed E-state index contributed by atoms with van der Waals surface area (Å²) in [5.41, 5.74) is 0. The first kappa shape index (κ1) is 40.9. The van der Waals surface area contributed by atoms with Gasteiger partial charge in [-0.3, -0.25) is 0 Å². The van der Waals surface area contributed by atoms with Gasteiger partial charge in [0, 0.05) is 23.1 Å². The van der Waals surface area contributed by atoms with Gasteiger partial charge in [-0.15, -0.1) is 0 Å². The molecule has 0 saturated heterocycles. The maximum Gasteiger partial charge on any atom is 0 e. The normalized spacial score (nSPS) is 11.7. The maximum absolute atomic E-state index is 11.2. The molecule has 0 fully saturated rings. The summed E-state index contributed by atoms with van der Waals surface area (Å²) in [6, 6.07) is 0. The van der Waals surface area contributed by atoms with E-state index in [2.05, 4.69) is 66.8 Å². The number of hydrogen-bond acceptors (Lipinski definition) is 3. The first-order valence-electron chi connectivity index (χ1n) is 10.1. The molecule has 0 rings (SSSR count). The van der Waals surface area contributed by atoms with Gasteiger partial charge in [-0.2, -0.15) is 0 Å². The standard InChI is InChI=1S/C21H38O3Si.3CO.Fe/c1-8-10-13-16-19(24-25(6,7)21(3,4)5)17-14-11-12-15-18-20(22)23-9-2;3*1-2;/h11-12,14-15,17-19H,8-10,13,16H2,1-7H3;;;;/b12-11+,17-14+,18-15+;;;;/t19-;;;;/m1..../s1. The Labute approximate surface area is 206 Å². The Morgan fingerprint density at radius 3 is 1.88 bits per heavy atom. The van der Waals surface area contributed by atoms with E-state index in [1.165, 1.54) is 25.3 Å². The summed E-state index contributed by atoms with van der Waals surface area (Å²) in [7, 11) is -1.78. The molecule has 0 spiro atoms. The van der Waals surface area contributed by atoms with Crippen molar-refractivity contribution < 1.29 is 45.0 Å². The van der Waals surface area contributed by atoms with Gasteiger partial charge in [0.05, 0.1) is 12.7 Å². The molecule has 0 aliphatic carbocycles. The van der Waals surface area contributed by atoms with Gasteiger partial charge in [-0.25, -0.2) is 4.79 Å². The molecule has 0 aliphatic rings. The summed E-state index contributed by atoms with van der Waals surface area (Å²) in [5.74, 6) is -0.310. The van der Waals surface area contributed by atoms with Gasteiger partial charge in [-0.05, 0) is 31.5 Å². The molecule has 6 nitrogen and oxygen atoms in total. The van der Waals surface area contributed by atoms with Crippen LogP contribution in [0.5, 0.6) is 0 Å². The Bertz CT molecular complexity index is 569. The number of carbonyl (C=O) groups excluding carboxylic acids is 1. The summed E-state index contributed by atoms with van der Waals surface area (Å²) in [6.07, 6.45) is 15.9. The van der Waals surface area contributed by atoms with Crippen LogP contribution in [0.3, 0.4) is 0 Å². The van der Waals surface area contributed by atoms with Crippen LogP contribution in [-0.2, 0) is 45.0 Å². The minimum atomic E-state index is -1.78. The molecule has 0 aromatic heterocycles. The Morgan fingerprint density at radius 1 is 0.938 bits per heavy atom. The summed E-state index contributed by atoms with van der Waals surface area (Å²) in [5, 5.41) is 0.210. The van der Waals surface area contributed by atoms with Crippen LogP contribution >= 0.6 is 0 Å². The summed E-state index contributed by atoms with van der Waals surface area (Å²) in [6.45, 7) is 29.3. The fraction of sp³-hybridized carbons (Fsp3) is 0.583. The van der Waals surface area contributed by atoms with E-state index < -0.39 is 8.32 Å². The van der Waals surface area contributed by atoms with E-state index in [1.807, 2.05) is 18.2 Å². The number of allylic oxidation sites excluding steroid dienone is 4. The third kappa shape index (κ3) is 24.9. The average molecular weight is 506 g/mol. The third-order valence-corrected chi connectivity index (χ3v) is 9.03. The smallest absolute Gasteiger partial charge is 0 e. The van der Waals surface area contributed by atoms with E-state index in [9.17, 15) is 4.79 Å². The van der Waals surface area contributed by atoms with Gasteiger partial charge in [0.25, 0.3) is 0 Å². The van der Waals surface area contributed by atoms with Crippen molar-refractivity contribution in [3.63, 3.8) is 0 Å². The van der Waals surface area contributed by atoms with Crippen molar-refractivity contribution in [1.29, 1.82) is 0 Å². The van der Waals surface area contributed by atoms with Crippen molar-refractivity contribution in [1.82, 2.24) is 0 Å². The predicted octanol–water partition coefficient (Wildman–Crippen LogP) is 6.07. The first-order chi connectivity index (χ1) is 14.6. The average Bonchev–Trinajstić information content (AvgIpc) is 2.74. The van der Waals surface area contributed by atoms with Crippen molar-refractivity contribution in [3.8, 4) is 0 Å². The van der Waals surface area contributed by atoms with Gasteiger partial charge in [0.15, 0.2) is 8.32 Å². The van der Waals surface area contributed by atoms with Gasteiger partial charge < -0.3 is 9.16 Å². The second-order valence-electron chi connectivity index (χ2n) is 7.79. The number of hydrogen-bond donors (Lipinski definition) is 0. The largest absolute Gasteiger partial charge is 0 e. The monoisotopic (exact) mass is 506 g/mol. The van der Waals surface area contributed by atoms with Crippen LogP contribution in [0.1, 0.15) is 60.3 Å². The second kappa shape index (κ2) is 27.6. The first-order valence-corrected chi connectivity index (χ1v) is 13.0.